The molecule has 1 saturated heterocycles. The summed E-state index contributed by atoms with van der Waals surface area (Å²) in [5.74, 6) is 2.47. The second-order valence-electron chi connectivity index (χ2n) is 13.1. The van der Waals surface area contributed by atoms with Crippen LogP contribution in [0.2, 0.25) is 0 Å². The number of anilines is 1. The Morgan fingerprint density at radius 1 is 1.00 bits per heavy atom. The number of benzene rings is 1. The third kappa shape index (κ3) is 8.82. The zero-order valence-electron chi connectivity index (χ0n) is 25.2. The van der Waals surface area contributed by atoms with Crippen LogP contribution >= 0.6 is 0 Å². The van der Waals surface area contributed by atoms with Crippen LogP contribution in [0.4, 0.5) is 10.6 Å². The maximum atomic E-state index is 13.5. The third-order valence-electron chi connectivity index (χ3n) is 8.32. The van der Waals surface area contributed by atoms with Crippen molar-refractivity contribution in [3.05, 3.63) is 35.9 Å². The second kappa shape index (κ2) is 13.7. The van der Waals surface area contributed by atoms with Crippen LogP contribution in [-0.4, -0.2) is 74.3 Å². The van der Waals surface area contributed by atoms with Gasteiger partial charge in [0.15, 0.2) is 0 Å². The van der Waals surface area contributed by atoms with Gasteiger partial charge in [0.05, 0.1) is 17.7 Å². The summed E-state index contributed by atoms with van der Waals surface area (Å²) in [6.45, 7) is 10.1. The van der Waals surface area contributed by atoms with E-state index in [9.17, 15) is 9.59 Å². The first-order valence-corrected chi connectivity index (χ1v) is 15.1. The molecule has 8 nitrogen and oxygen atoms in total. The highest BCUT2D eigenvalue weighted by Crippen LogP contribution is 2.30. The Morgan fingerprint density at radius 3 is 2.35 bits per heavy atom. The van der Waals surface area contributed by atoms with Gasteiger partial charge in [0, 0.05) is 30.6 Å². The molecule has 1 saturated carbocycles. The van der Waals surface area contributed by atoms with Crippen LogP contribution in [0.25, 0.3) is 10.9 Å². The molecule has 1 aliphatic carbocycles. The first-order chi connectivity index (χ1) is 19.1. The second-order valence-corrected chi connectivity index (χ2v) is 13.1. The maximum Gasteiger partial charge on any atom is 0.407 e. The monoisotopic (exact) mass is 551 g/mol. The van der Waals surface area contributed by atoms with Crippen molar-refractivity contribution in [2.24, 2.45) is 17.8 Å². The summed E-state index contributed by atoms with van der Waals surface area (Å²) in [5, 5.41) is 6.98. The fraction of sp³-hybridized carbons (Fsp3) is 0.656. The molecule has 2 fully saturated rings. The molecule has 1 aliphatic heterocycles. The van der Waals surface area contributed by atoms with E-state index in [0.717, 1.165) is 68.0 Å². The number of nitrogens with one attached hydrogen (secondary N) is 2. The molecule has 1 aromatic carbocycles. The summed E-state index contributed by atoms with van der Waals surface area (Å²) in [7, 11) is 4.27. The number of alkyl carbamates (subject to hydrolysis) is 1. The summed E-state index contributed by atoms with van der Waals surface area (Å²) in [4.78, 5) is 35.0. The van der Waals surface area contributed by atoms with E-state index in [0.29, 0.717) is 30.6 Å². The Hall–Kier alpha value is -2.87. The number of ether oxygens (including phenoxy) is 1. The highest BCUT2D eigenvalue weighted by Gasteiger charge is 2.25. The SMILES string of the molecule is CN(C)CCC1CCN(c2cc(C(=O)NCC3CCC(COC(=O)NC(C)(C)C)CC3)c3ccccc3n2)CC1. The van der Waals surface area contributed by atoms with Crippen LogP contribution in [0.15, 0.2) is 30.3 Å². The molecular weight excluding hydrogens is 502 g/mol. The summed E-state index contributed by atoms with van der Waals surface area (Å²) in [6, 6.07) is 9.96. The van der Waals surface area contributed by atoms with E-state index in [-0.39, 0.29) is 17.5 Å². The molecule has 8 heteroatoms. The summed E-state index contributed by atoms with van der Waals surface area (Å²) >= 11 is 0. The highest BCUT2D eigenvalue weighted by molar-refractivity contribution is 6.07. The molecule has 220 valence electrons. The van der Waals surface area contributed by atoms with Crippen molar-refractivity contribution in [3.63, 3.8) is 0 Å². The van der Waals surface area contributed by atoms with Gasteiger partial charge in [-0.25, -0.2) is 9.78 Å². The Kier molecular flexibility index (Phi) is 10.3. The van der Waals surface area contributed by atoms with Crippen molar-refractivity contribution in [3.8, 4) is 0 Å². The van der Waals surface area contributed by atoms with Crippen molar-refractivity contribution in [1.82, 2.24) is 20.5 Å². The Morgan fingerprint density at radius 2 is 1.68 bits per heavy atom. The topological polar surface area (TPSA) is 86.8 Å². The van der Waals surface area contributed by atoms with Gasteiger partial charge in [0.2, 0.25) is 0 Å². The Bertz CT molecular complexity index is 1130. The molecule has 2 aromatic rings. The minimum atomic E-state index is -0.348. The molecule has 2 heterocycles. The molecule has 2 amide bonds. The van der Waals surface area contributed by atoms with Gasteiger partial charge in [-0.15, -0.1) is 0 Å². The lowest BCUT2D eigenvalue weighted by atomic mass is 9.82. The zero-order valence-corrected chi connectivity index (χ0v) is 25.2. The number of rotatable bonds is 9. The summed E-state index contributed by atoms with van der Waals surface area (Å²) < 4.78 is 5.45. The number of pyridine rings is 1. The molecular formula is C32H49N5O3. The molecule has 2 aliphatic rings. The molecule has 1 aromatic heterocycles. The van der Waals surface area contributed by atoms with Gasteiger partial charge < -0.3 is 25.2 Å². The van der Waals surface area contributed by atoms with E-state index in [2.05, 4.69) is 34.5 Å². The lowest BCUT2D eigenvalue weighted by molar-refractivity contribution is 0.0916. The fourth-order valence-electron chi connectivity index (χ4n) is 5.87. The van der Waals surface area contributed by atoms with Crippen molar-refractivity contribution in [2.75, 3.05) is 51.8 Å². The zero-order chi connectivity index (χ0) is 28.7. The maximum absolute atomic E-state index is 13.5. The molecule has 0 unspecified atom stereocenters. The Labute approximate surface area is 240 Å². The van der Waals surface area contributed by atoms with Gasteiger partial charge in [0.25, 0.3) is 5.91 Å². The molecule has 0 radical (unpaired) electrons. The van der Waals surface area contributed by atoms with Gasteiger partial charge >= 0.3 is 6.09 Å². The van der Waals surface area contributed by atoms with E-state index in [1.807, 2.05) is 51.1 Å². The minimum Gasteiger partial charge on any atom is -0.449 e. The van der Waals surface area contributed by atoms with E-state index >= 15 is 0 Å². The van der Waals surface area contributed by atoms with Crippen LogP contribution in [0.3, 0.4) is 0 Å². The van der Waals surface area contributed by atoms with E-state index in [1.165, 1.54) is 19.3 Å². The van der Waals surface area contributed by atoms with Crippen LogP contribution < -0.4 is 15.5 Å². The van der Waals surface area contributed by atoms with E-state index in [4.69, 9.17) is 9.72 Å². The first-order valence-electron chi connectivity index (χ1n) is 15.1. The highest BCUT2D eigenvalue weighted by atomic mass is 16.5. The number of piperidine rings is 1. The molecule has 0 atom stereocenters. The average Bonchev–Trinajstić information content (AvgIpc) is 2.93. The number of carbonyl (C=O) groups is 2. The first kappa shape index (κ1) is 30.1. The number of hydrogen-bond donors (Lipinski definition) is 2. The normalized spacial score (nSPS) is 20.5. The number of nitrogens with zero attached hydrogens (tertiary/aromatic N) is 3. The van der Waals surface area contributed by atoms with Gasteiger partial charge in [-0.3, -0.25) is 4.79 Å². The van der Waals surface area contributed by atoms with E-state index in [1.54, 1.807) is 0 Å². The van der Waals surface area contributed by atoms with Gasteiger partial charge in [-0.05, 0) is 116 Å². The average molecular weight is 552 g/mol. The largest absolute Gasteiger partial charge is 0.449 e. The molecule has 40 heavy (non-hydrogen) atoms. The number of aromatic nitrogens is 1. The van der Waals surface area contributed by atoms with Gasteiger partial charge in [-0.1, -0.05) is 18.2 Å². The summed E-state index contributed by atoms with van der Waals surface area (Å²) in [5.41, 5.74) is 1.29. The van der Waals surface area contributed by atoms with Gasteiger partial charge in [-0.2, -0.15) is 0 Å². The number of hydrogen-bond acceptors (Lipinski definition) is 6. The predicted molar refractivity (Wildman–Crippen MR) is 162 cm³/mol. The van der Waals surface area contributed by atoms with Gasteiger partial charge in [0.1, 0.15) is 5.82 Å². The van der Waals surface area contributed by atoms with Crippen LogP contribution in [0.1, 0.15) is 76.1 Å². The standard InChI is InChI=1S/C32H49N5O3/c1-32(2,3)35-31(39)40-22-25-12-10-24(11-13-25)21-33-30(38)27-20-29(34-28-9-7-6-8-26(27)28)37-18-15-23(16-19-37)14-17-36(4)5/h6-9,20,23-25H,10-19,21-22H2,1-5H3,(H,33,38)(H,35,39). The molecule has 0 bridgehead atoms. The lowest BCUT2D eigenvalue weighted by Gasteiger charge is -2.33. The number of para-hydroxylation sites is 1. The van der Waals surface area contributed by atoms with Crippen molar-refractivity contribution in [2.45, 2.75) is 71.3 Å². The van der Waals surface area contributed by atoms with Crippen LogP contribution in [-0.2, 0) is 4.74 Å². The van der Waals surface area contributed by atoms with Crippen LogP contribution in [0.5, 0.6) is 0 Å². The van der Waals surface area contributed by atoms with Crippen molar-refractivity contribution >= 4 is 28.7 Å². The summed E-state index contributed by atoms with van der Waals surface area (Å²) in [6.07, 6.45) is 7.30. The third-order valence-corrected chi connectivity index (χ3v) is 8.32. The molecule has 4 rings (SSSR count). The van der Waals surface area contributed by atoms with Crippen molar-refractivity contribution < 1.29 is 14.3 Å². The molecule has 0 spiro atoms. The molecule has 2 N–H and O–H groups in total. The lowest BCUT2D eigenvalue weighted by Crippen LogP contribution is -2.41. The fourth-order valence-corrected chi connectivity index (χ4v) is 5.87. The number of carbonyl (C=O) groups excluding carboxylic acids is 2. The quantitative estimate of drug-likeness (QED) is 0.430. The number of amides is 2. The van der Waals surface area contributed by atoms with E-state index < -0.39 is 0 Å². The Balaban J connectivity index is 1.30. The van der Waals surface area contributed by atoms with Crippen molar-refractivity contribution in [1.29, 1.82) is 0 Å². The number of fused-ring (bicyclic) bond motifs is 1. The predicted octanol–water partition coefficient (Wildman–Crippen LogP) is 5.46. The smallest absolute Gasteiger partial charge is 0.407 e. The van der Waals surface area contributed by atoms with Crippen LogP contribution in [0, 0.1) is 17.8 Å². The minimum absolute atomic E-state index is 0.0231.